The Balaban J connectivity index is 1.98. The highest BCUT2D eigenvalue weighted by Gasteiger charge is 2.17. The molecule has 0 unspecified atom stereocenters. The first-order valence-electron chi connectivity index (χ1n) is 6.28. The minimum absolute atomic E-state index is 0.441. The number of fused-ring (bicyclic) bond motifs is 1. The second-order valence-electron chi connectivity index (χ2n) is 4.43. The van der Waals surface area contributed by atoms with Crippen LogP contribution in [0.2, 0.25) is 0 Å². The summed E-state index contributed by atoms with van der Waals surface area (Å²) in [5.74, 6) is -0.201. The maximum Gasteiger partial charge on any atom is 0.346 e. The summed E-state index contributed by atoms with van der Waals surface area (Å²) in [6, 6.07) is 15.8. The molecule has 1 aromatic heterocycles. The molecule has 0 fully saturated rings. The third-order valence-corrected chi connectivity index (χ3v) is 6.36. The Kier molecular flexibility index (Phi) is 4.33. The van der Waals surface area contributed by atoms with E-state index in [9.17, 15) is 9.90 Å². The number of carboxylic acids is 1. The highest BCUT2D eigenvalue weighted by atomic mass is 79.9. The lowest BCUT2D eigenvalue weighted by Crippen LogP contribution is -1.96. The molecule has 1 N–H and O–H groups in total. The van der Waals surface area contributed by atoms with E-state index in [0.29, 0.717) is 10.6 Å². The summed E-state index contributed by atoms with van der Waals surface area (Å²) < 4.78 is 2.06. The van der Waals surface area contributed by atoms with Crippen LogP contribution in [0.5, 0.6) is 0 Å². The molecule has 106 valence electrons. The molecular weight excluding hydrogens is 368 g/mol. The van der Waals surface area contributed by atoms with E-state index in [2.05, 4.69) is 15.9 Å². The molecule has 21 heavy (non-hydrogen) atoms. The maximum atomic E-state index is 11.5. The SMILES string of the molecule is O=C(O)c1sc2ccccc2c1CSc1ccccc1Br. The van der Waals surface area contributed by atoms with Gasteiger partial charge in [-0.1, -0.05) is 30.3 Å². The Morgan fingerprint density at radius 3 is 2.62 bits per heavy atom. The molecule has 0 aliphatic carbocycles. The first-order valence-corrected chi connectivity index (χ1v) is 8.87. The smallest absolute Gasteiger partial charge is 0.346 e. The lowest BCUT2D eigenvalue weighted by atomic mass is 10.1. The van der Waals surface area contributed by atoms with Gasteiger partial charge < -0.3 is 5.11 Å². The van der Waals surface area contributed by atoms with E-state index in [1.807, 2.05) is 48.5 Å². The van der Waals surface area contributed by atoms with Crippen molar-refractivity contribution in [2.24, 2.45) is 0 Å². The minimum Gasteiger partial charge on any atom is -0.477 e. The maximum absolute atomic E-state index is 11.5. The molecule has 3 rings (SSSR count). The number of carboxylic acid groups (broad SMARTS) is 1. The third kappa shape index (κ3) is 3.00. The van der Waals surface area contributed by atoms with E-state index in [0.717, 1.165) is 25.0 Å². The third-order valence-electron chi connectivity index (χ3n) is 3.10. The quantitative estimate of drug-likeness (QED) is 0.595. The molecule has 0 bridgehead atoms. The predicted octanol–water partition coefficient (Wildman–Crippen LogP) is 5.65. The summed E-state index contributed by atoms with van der Waals surface area (Å²) in [4.78, 5) is 13.0. The second-order valence-corrected chi connectivity index (χ2v) is 7.35. The monoisotopic (exact) mass is 378 g/mol. The number of halogens is 1. The van der Waals surface area contributed by atoms with Crippen molar-refractivity contribution >= 4 is 55.1 Å². The average molecular weight is 379 g/mol. The number of hydrogen-bond acceptors (Lipinski definition) is 3. The fraction of sp³-hybridized carbons (Fsp3) is 0.0625. The van der Waals surface area contributed by atoms with Gasteiger partial charge in [-0.3, -0.25) is 0 Å². The van der Waals surface area contributed by atoms with Crippen LogP contribution in [0.25, 0.3) is 10.1 Å². The Morgan fingerprint density at radius 1 is 1.14 bits per heavy atom. The van der Waals surface area contributed by atoms with E-state index in [1.54, 1.807) is 11.8 Å². The highest BCUT2D eigenvalue weighted by Crippen LogP contribution is 2.37. The Labute approximate surface area is 138 Å². The fourth-order valence-corrected chi connectivity index (χ4v) is 4.89. The van der Waals surface area contributed by atoms with Gasteiger partial charge in [0.2, 0.25) is 0 Å². The van der Waals surface area contributed by atoms with Crippen molar-refractivity contribution < 1.29 is 9.90 Å². The van der Waals surface area contributed by atoms with Gasteiger partial charge >= 0.3 is 5.97 Å². The van der Waals surface area contributed by atoms with Gasteiger partial charge in [0.15, 0.2) is 0 Å². The van der Waals surface area contributed by atoms with Crippen LogP contribution in [0.4, 0.5) is 0 Å². The zero-order valence-electron chi connectivity index (χ0n) is 10.9. The number of aromatic carboxylic acids is 1. The number of rotatable bonds is 4. The van der Waals surface area contributed by atoms with Crippen LogP contribution in [0.1, 0.15) is 15.2 Å². The molecule has 0 amide bonds. The molecule has 3 aromatic rings. The van der Waals surface area contributed by atoms with Gasteiger partial charge in [-0.15, -0.1) is 23.1 Å². The lowest BCUT2D eigenvalue weighted by Gasteiger charge is -2.05. The molecule has 0 aliphatic rings. The molecule has 0 spiro atoms. The van der Waals surface area contributed by atoms with Crippen molar-refractivity contribution in [2.45, 2.75) is 10.6 Å². The molecule has 0 aliphatic heterocycles. The van der Waals surface area contributed by atoms with Gasteiger partial charge in [-0.05, 0) is 45.1 Å². The van der Waals surface area contributed by atoms with Gasteiger partial charge in [0.1, 0.15) is 4.88 Å². The van der Waals surface area contributed by atoms with Crippen molar-refractivity contribution in [2.75, 3.05) is 0 Å². The van der Waals surface area contributed by atoms with Crippen molar-refractivity contribution in [1.29, 1.82) is 0 Å². The van der Waals surface area contributed by atoms with Gasteiger partial charge in [0.05, 0.1) is 0 Å². The number of thioether (sulfide) groups is 1. The standard InChI is InChI=1S/C16H11BrO2S2/c17-12-6-2-4-8-14(12)20-9-11-10-5-1-3-7-13(10)21-15(11)16(18)19/h1-8H,9H2,(H,18,19). The van der Waals surface area contributed by atoms with E-state index in [4.69, 9.17) is 0 Å². The molecule has 2 nitrogen and oxygen atoms in total. The van der Waals surface area contributed by atoms with Crippen LogP contribution in [0.3, 0.4) is 0 Å². The predicted molar refractivity (Wildman–Crippen MR) is 92.5 cm³/mol. The molecule has 1 heterocycles. The number of thiophene rings is 1. The second kappa shape index (κ2) is 6.22. The first kappa shape index (κ1) is 14.6. The first-order chi connectivity index (χ1) is 10.2. The zero-order chi connectivity index (χ0) is 14.8. The van der Waals surface area contributed by atoms with E-state index in [1.165, 1.54) is 11.3 Å². The Hall–Kier alpha value is -1.30. The highest BCUT2D eigenvalue weighted by molar-refractivity contribution is 9.10. The average Bonchev–Trinajstić information content (AvgIpc) is 2.85. The van der Waals surface area contributed by atoms with Crippen LogP contribution >= 0.6 is 39.0 Å². The van der Waals surface area contributed by atoms with Crippen molar-refractivity contribution in [3.63, 3.8) is 0 Å². The Morgan fingerprint density at radius 2 is 1.86 bits per heavy atom. The van der Waals surface area contributed by atoms with Gasteiger partial charge in [-0.2, -0.15) is 0 Å². The van der Waals surface area contributed by atoms with Crippen molar-refractivity contribution in [1.82, 2.24) is 0 Å². The van der Waals surface area contributed by atoms with E-state index < -0.39 is 5.97 Å². The van der Waals surface area contributed by atoms with Crippen LogP contribution in [0, 0.1) is 0 Å². The summed E-state index contributed by atoms with van der Waals surface area (Å²) in [5.41, 5.74) is 0.906. The molecule has 0 radical (unpaired) electrons. The van der Waals surface area contributed by atoms with Crippen LogP contribution < -0.4 is 0 Å². The topological polar surface area (TPSA) is 37.3 Å². The molecule has 0 saturated carbocycles. The van der Waals surface area contributed by atoms with Crippen LogP contribution in [-0.2, 0) is 5.75 Å². The molecule has 0 atom stereocenters. The Bertz CT molecular complexity index is 811. The number of carbonyl (C=O) groups is 1. The summed E-state index contributed by atoms with van der Waals surface area (Å²) in [5, 5.41) is 10.5. The van der Waals surface area contributed by atoms with Gasteiger partial charge in [0.25, 0.3) is 0 Å². The summed E-state index contributed by atoms with van der Waals surface area (Å²) in [6.07, 6.45) is 0. The molecule has 2 aromatic carbocycles. The normalized spacial score (nSPS) is 10.9. The van der Waals surface area contributed by atoms with Crippen LogP contribution in [-0.4, -0.2) is 11.1 Å². The largest absolute Gasteiger partial charge is 0.477 e. The summed E-state index contributed by atoms with van der Waals surface area (Å²) >= 11 is 6.52. The van der Waals surface area contributed by atoms with E-state index in [-0.39, 0.29) is 0 Å². The van der Waals surface area contributed by atoms with Gasteiger partial charge in [-0.25, -0.2) is 4.79 Å². The summed E-state index contributed by atoms with van der Waals surface area (Å²) in [7, 11) is 0. The number of hydrogen-bond donors (Lipinski definition) is 1. The zero-order valence-corrected chi connectivity index (χ0v) is 14.1. The van der Waals surface area contributed by atoms with E-state index >= 15 is 0 Å². The number of benzene rings is 2. The van der Waals surface area contributed by atoms with Crippen molar-refractivity contribution in [3.8, 4) is 0 Å². The molecule has 0 saturated heterocycles. The summed E-state index contributed by atoms with van der Waals surface area (Å²) in [6.45, 7) is 0. The van der Waals surface area contributed by atoms with Gasteiger partial charge in [0, 0.05) is 19.8 Å². The van der Waals surface area contributed by atoms with Crippen molar-refractivity contribution in [3.05, 3.63) is 63.4 Å². The molecule has 5 heteroatoms. The molecular formula is C16H11BrO2S2. The minimum atomic E-state index is -0.848. The van der Waals surface area contributed by atoms with Crippen LogP contribution in [0.15, 0.2) is 57.9 Å². The fourth-order valence-electron chi connectivity index (χ4n) is 2.13. The lowest BCUT2D eigenvalue weighted by molar-refractivity contribution is 0.0701.